The van der Waals surface area contributed by atoms with Crippen LogP contribution in [0.15, 0.2) is 54.6 Å². The molecule has 5 rings (SSSR count). The summed E-state index contributed by atoms with van der Waals surface area (Å²) in [6.07, 6.45) is 4.63. The van der Waals surface area contributed by atoms with Gasteiger partial charge < -0.3 is 9.64 Å². The standard InChI is InChI=1S/C30H34FN3O3/c1-2-37-30(36)24-12-8-21(9-13-24)18-28(35)33-17-16-26-27(20-33)34(19-22-10-14-25(31)15-11-22)32-29(26)23-6-4-3-5-7-23/h3-7,10-11,14-15,21,24H,2,8-9,12-13,16-20H2,1H3/t21-,24-. The first kappa shape index (κ1) is 25.2. The Balaban J connectivity index is 1.30. The second kappa shape index (κ2) is 11.3. The molecule has 1 saturated carbocycles. The minimum absolute atomic E-state index is 0.0268. The number of carbonyl (C=O) groups is 2. The maximum atomic E-state index is 13.5. The number of rotatable bonds is 7. The van der Waals surface area contributed by atoms with Crippen molar-refractivity contribution in [2.45, 2.75) is 58.5 Å². The molecule has 1 amide bonds. The van der Waals surface area contributed by atoms with Crippen molar-refractivity contribution in [1.29, 1.82) is 0 Å². The molecule has 0 N–H and O–H groups in total. The van der Waals surface area contributed by atoms with E-state index < -0.39 is 0 Å². The van der Waals surface area contributed by atoms with Crippen LogP contribution in [-0.2, 0) is 33.8 Å². The van der Waals surface area contributed by atoms with E-state index in [9.17, 15) is 14.0 Å². The zero-order valence-corrected chi connectivity index (χ0v) is 21.4. The molecule has 7 heteroatoms. The molecule has 0 saturated heterocycles. The molecule has 0 spiro atoms. The molecule has 2 aliphatic rings. The third kappa shape index (κ3) is 5.76. The Morgan fingerprint density at radius 1 is 1.03 bits per heavy atom. The Morgan fingerprint density at radius 2 is 1.76 bits per heavy atom. The Hall–Kier alpha value is -3.48. The third-order valence-corrected chi connectivity index (χ3v) is 7.71. The minimum atomic E-state index is -0.260. The lowest BCUT2D eigenvalue weighted by atomic mass is 9.80. The SMILES string of the molecule is CCOC(=O)[C@H]1CC[C@H](CC(=O)N2CCc3c(-c4ccccc4)nn(Cc4ccc(F)cc4)c3C2)CC1. The van der Waals surface area contributed by atoms with Crippen LogP contribution in [0.2, 0.25) is 0 Å². The van der Waals surface area contributed by atoms with Gasteiger partial charge in [0.25, 0.3) is 0 Å². The predicted octanol–water partition coefficient (Wildman–Crippen LogP) is 5.38. The molecular formula is C30H34FN3O3. The van der Waals surface area contributed by atoms with E-state index in [-0.39, 0.29) is 23.6 Å². The monoisotopic (exact) mass is 503 g/mol. The van der Waals surface area contributed by atoms with Gasteiger partial charge in [-0.1, -0.05) is 42.5 Å². The summed E-state index contributed by atoms with van der Waals surface area (Å²) in [6, 6.07) is 16.6. The van der Waals surface area contributed by atoms with Crippen molar-refractivity contribution in [3.8, 4) is 11.3 Å². The van der Waals surface area contributed by atoms with E-state index in [0.717, 1.165) is 54.6 Å². The van der Waals surface area contributed by atoms with Gasteiger partial charge in [-0.05, 0) is 62.6 Å². The fraction of sp³-hybridized carbons (Fsp3) is 0.433. The molecule has 0 unspecified atom stereocenters. The molecule has 0 bridgehead atoms. The summed E-state index contributed by atoms with van der Waals surface area (Å²) in [6.45, 7) is 3.97. The normalized spacial score (nSPS) is 19.4. The number of esters is 1. The van der Waals surface area contributed by atoms with Gasteiger partial charge in [-0.2, -0.15) is 5.10 Å². The van der Waals surface area contributed by atoms with E-state index in [1.54, 1.807) is 12.1 Å². The topological polar surface area (TPSA) is 64.4 Å². The van der Waals surface area contributed by atoms with E-state index in [1.807, 2.05) is 34.7 Å². The van der Waals surface area contributed by atoms with E-state index >= 15 is 0 Å². The highest BCUT2D eigenvalue weighted by atomic mass is 19.1. The first-order valence-corrected chi connectivity index (χ1v) is 13.3. The highest BCUT2D eigenvalue weighted by Crippen LogP contribution is 2.34. The van der Waals surface area contributed by atoms with Crippen molar-refractivity contribution in [2.24, 2.45) is 11.8 Å². The number of hydrogen-bond donors (Lipinski definition) is 0. The number of amides is 1. The van der Waals surface area contributed by atoms with E-state index in [0.29, 0.717) is 38.6 Å². The number of ether oxygens (including phenoxy) is 1. The van der Waals surface area contributed by atoms with Crippen LogP contribution in [0.4, 0.5) is 4.39 Å². The molecular weight excluding hydrogens is 469 g/mol. The van der Waals surface area contributed by atoms with Crippen LogP contribution in [-0.4, -0.2) is 39.7 Å². The summed E-state index contributed by atoms with van der Waals surface area (Å²) in [5.41, 5.74) is 5.23. The van der Waals surface area contributed by atoms with Crippen molar-refractivity contribution in [1.82, 2.24) is 14.7 Å². The van der Waals surface area contributed by atoms with Crippen molar-refractivity contribution >= 4 is 11.9 Å². The summed E-state index contributed by atoms with van der Waals surface area (Å²) < 4.78 is 20.6. The van der Waals surface area contributed by atoms with E-state index in [2.05, 4.69) is 12.1 Å². The fourth-order valence-corrected chi connectivity index (χ4v) is 5.65. The number of carbonyl (C=O) groups excluding carboxylic acids is 2. The van der Waals surface area contributed by atoms with Crippen molar-refractivity contribution < 1.29 is 18.7 Å². The largest absolute Gasteiger partial charge is 0.466 e. The van der Waals surface area contributed by atoms with Gasteiger partial charge in [0.1, 0.15) is 5.82 Å². The van der Waals surface area contributed by atoms with Gasteiger partial charge in [0.15, 0.2) is 0 Å². The second-order valence-electron chi connectivity index (χ2n) is 10.2. The molecule has 194 valence electrons. The highest BCUT2D eigenvalue weighted by Gasteiger charge is 2.32. The van der Waals surface area contributed by atoms with Gasteiger partial charge in [-0.25, -0.2) is 4.39 Å². The second-order valence-corrected chi connectivity index (χ2v) is 10.2. The van der Waals surface area contributed by atoms with E-state index in [4.69, 9.17) is 9.84 Å². The smallest absolute Gasteiger partial charge is 0.308 e. The van der Waals surface area contributed by atoms with Crippen LogP contribution in [0.5, 0.6) is 0 Å². The average molecular weight is 504 g/mol. The molecule has 1 aromatic heterocycles. The molecule has 2 aromatic carbocycles. The van der Waals surface area contributed by atoms with Gasteiger partial charge in [0.2, 0.25) is 5.91 Å². The van der Waals surface area contributed by atoms with Crippen LogP contribution in [0, 0.1) is 17.7 Å². The van der Waals surface area contributed by atoms with Crippen LogP contribution in [0.3, 0.4) is 0 Å². The number of benzene rings is 2. The fourth-order valence-electron chi connectivity index (χ4n) is 5.65. The Labute approximate surface area is 217 Å². The number of halogens is 1. The maximum absolute atomic E-state index is 13.5. The summed E-state index contributed by atoms with van der Waals surface area (Å²) in [5, 5.41) is 4.97. The lowest BCUT2D eigenvalue weighted by molar-refractivity contribution is -0.149. The van der Waals surface area contributed by atoms with Crippen LogP contribution >= 0.6 is 0 Å². The Morgan fingerprint density at radius 3 is 2.46 bits per heavy atom. The van der Waals surface area contributed by atoms with E-state index in [1.165, 1.54) is 17.7 Å². The Kier molecular flexibility index (Phi) is 7.68. The average Bonchev–Trinajstić information content (AvgIpc) is 3.28. The molecule has 0 radical (unpaired) electrons. The molecule has 1 fully saturated rings. The highest BCUT2D eigenvalue weighted by molar-refractivity contribution is 5.77. The maximum Gasteiger partial charge on any atom is 0.308 e. The van der Waals surface area contributed by atoms with Gasteiger partial charge in [0.05, 0.1) is 37.0 Å². The minimum Gasteiger partial charge on any atom is -0.466 e. The summed E-state index contributed by atoms with van der Waals surface area (Å²) in [5.74, 6) is 0.0921. The first-order chi connectivity index (χ1) is 18.0. The number of hydrogen-bond acceptors (Lipinski definition) is 4. The van der Waals surface area contributed by atoms with Crippen molar-refractivity contribution in [3.63, 3.8) is 0 Å². The van der Waals surface area contributed by atoms with Gasteiger partial charge >= 0.3 is 5.97 Å². The first-order valence-electron chi connectivity index (χ1n) is 13.3. The number of fused-ring (bicyclic) bond motifs is 1. The van der Waals surface area contributed by atoms with Crippen LogP contribution in [0.25, 0.3) is 11.3 Å². The zero-order chi connectivity index (χ0) is 25.8. The molecule has 3 aromatic rings. The van der Waals surface area contributed by atoms with Gasteiger partial charge in [-0.15, -0.1) is 0 Å². The molecule has 37 heavy (non-hydrogen) atoms. The molecule has 2 heterocycles. The van der Waals surface area contributed by atoms with Gasteiger partial charge in [-0.3, -0.25) is 14.3 Å². The summed E-state index contributed by atoms with van der Waals surface area (Å²) >= 11 is 0. The predicted molar refractivity (Wildman–Crippen MR) is 139 cm³/mol. The van der Waals surface area contributed by atoms with Crippen molar-refractivity contribution in [3.05, 3.63) is 77.2 Å². The van der Waals surface area contributed by atoms with Crippen LogP contribution < -0.4 is 0 Å². The summed E-state index contributed by atoms with van der Waals surface area (Å²) in [4.78, 5) is 27.3. The molecule has 6 nitrogen and oxygen atoms in total. The summed E-state index contributed by atoms with van der Waals surface area (Å²) in [7, 11) is 0. The van der Waals surface area contributed by atoms with Crippen LogP contribution in [0.1, 0.15) is 55.8 Å². The molecule has 1 aliphatic heterocycles. The lowest BCUT2D eigenvalue weighted by Gasteiger charge is -2.31. The number of aromatic nitrogens is 2. The quantitative estimate of drug-likeness (QED) is 0.406. The Bertz CT molecular complexity index is 1230. The third-order valence-electron chi connectivity index (χ3n) is 7.71. The lowest BCUT2D eigenvalue weighted by Crippen LogP contribution is -2.38. The zero-order valence-electron chi connectivity index (χ0n) is 21.4. The molecule has 0 atom stereocenters. The number of nitrogens with zero attached hydrogens (tertiary/aromatic N) is 3. The van der Waals surface area contributed by atoms with Crippen molar-refractivity contribution in [2.75, 3.05) is 13.2 Å². The van der Waals surface area contributed by atoms with Gasteiger partial charge in [0, 0.05) is 24.1 Å². The molecule has 1 aliphatic carbocycles.